The Kier molecular flexibility index (Phi) is 8.81. The number of hydrogen-bond acceptors (Lipinski definition) is 4. The maximum Gasteiger partial charge on any atom is 0.191 e. The monoisotopic (exact) mass is 500 g/mol. The van der Waals surface area contributed by atoms with Crippen molar-refractivity contribution in [2.45, 2.75) is 45.7 Å². The van der Waals surface area contributed by atoms with Gasteiger partial charge in [-0.2, -0.15) is 5.10 Å². The number of piperidine rings is 1. The number of hydrogen-bond donors (Lipinski definition) is 2. The number of aryl methyl sites for hydroxylation is 2. The van der Waals surface area contributed by atoms with Crippen molar-refractivity contribution in [3.63, 3.8) is 0 Å². The summed E-state index contributed by atoms with van der Waals surface area (Å²) >= 11 is 0. The van der Waals surface area contributed by atoms with E-state index in [4.69, 9.17) is 4.42 Å². The maximum atomic E-state index is 5.73. The number of guanidine groups is 1. The number of aromatic nitrogens is 2. The molecule has 1 saturated heterocycles. The lowest BCUT2D eigenvalue weighted by Gasteiger charge is -2.33. The second-order valence-corrected chi connectivity index (χ2v) is 7.21. The summed E-state index contributed by atoms with van der Waals surface area (Å²) in [6, 6.07) is 4.26. The summed E-state index contributed by atoms with van der Waals surface area (Å²) in [5.41, 5.74) is 3.45. The molecule has 7 nitrogen and oxygen atoms in total. The zero-order valence-corrected chi connectivity index (χ0v) is 19.7. The molecule has 2 aromatic heterocycles. The quantitative estimate of drug-likeness (QED) is 0.363. The van der Waals surface area contributed by atoms with E-state index in [0.717, 1.165) is 37.0 Å². The van der Waals surface area contributed by atoms with Gasteiger partial charge in [0.15, 0.2) is 5.96 Å². The number of nitrogens with zero attached hydrogens (tertiary/aromatic N) is 4. The first-order valence-electron chi connectivity index (χ1n) is 9.81. The molecule has 3 rings (SSSR count). The van der Waals surface area contributed by atoms with E-state index >= 15 is 0 Å². The highest BCUT2D eigenvalue weighted by molar-refractivity contribution is 14.0. The lowest BCUT2D eigenvalue weighted by Crippen LogP contribution is -2.44. The van der Waals surface area contributed by atoms with Crippen molar-refractivity contribution in [2.24, 2.45) is 12.0 Å². The molecule has 0 radical (unpaired) electrons. The van der Waals surface area contributed by atoms with Crippen molar-refractivity contribution in [3.8, 4) is 0 Å². The van der Waals surface area contributed by atoms with Crippen LogP contribution in [0.25, 0.3) is 0 Å². The molecule has 1 aliphatic rings. The van der Waals surface area contributed by atoms with Gasteiger partial charge in [0, 0.05) is 38.4 Å². The first-order chi connectivity index (χ1) is 13.1. The topological polar surface area (TPSA) is 70.6 Å². The normalized spacial score (nSPS) is 16.5. The van der Waals surface area contributed by atoms with Gasteiger partial charge in [-0.05, 0) is 51.9 Å². The molecule has 156 valence electrons. The van der Waals surface area contributed by atoms with Gasteiger partial charge in [0.25, 0.3) is 0 Å². The van der Waals surface area contributed by atoms with Crippen LogP contribution in [0.1, 0.15) is 48.0 Å². The molecule has 28 heavy (non-hydrogen) atoms. The number of halogens is 1. The first-order valence-corrected chi connectivity index (χ1v) is 9.81. The SMILES string of the molecule is CN=C(NCc1c(C)nn(C)c1C)NCC(c1ccco1)N1CCCCC1.I. The summed E-state index contributed by atoms with van der Waals surface area (Å²) in [4.78, 5) is 6.90. The van der Waals surface area contributed by atoms with Gasteiger partial charge in [-0.1, -0.05) is 6.42 Å². The molecule has 1 atom stereocenters. The smallest absolute Gasteiger partial charge is 0.191 e. The highest BCUT2D eigenvalue weighted by Gasteiger charge is 2.24. The van der Waals surface area contributed by atoms with E-state index in [1.165, 1.54) is 30.5 Å². The van der Waals surface area contributed by atoms with Crippen LogP contribution in [-0.4, -0.2) is 47.3 Å². The fourth-order valence-corrected chi connectivity index (χ4v) is 3.78. The third-order valence-electron chi connectivity index (χ3n) is 5.48. The van der Waals surface area contributed by atoms with Crippen LogP contribution in [-0.2, 0) is 13.6 Å². The molecule has 3 heterocycles. The lowest BCUT2D eigenvalue weighted by molar-refractivity contribution is 0.146. The Hall–Kier alpha value is -1.55. The fourth-order valence-electron chi connectivity index (χ4n) is 3.78. The van der Waals surface area contributed by atoms with Gasteiger partial charge in [0.1, 0.15) is 5.76 Å². The number of rotatable bonds is 6. The zero-order valence-electron chi connectivity index (χ0n) is 17.4. The average molecular weight is 500 g/mol. The lowest BCUT2D eigenvalue weighted by atomic mass is 10.1. The zero-order chi connectivity index (χ0) is 19.2. The Morgan fingerprint density at radius 2 is 2.00 bits per heavy atom. The van der Waals surface area contributed by atoms with Gasteiger partial charge in [-0.3, -0.25) is 14.6 Å². The van der Waals surface area contributed by atoms with E-state index in [1.807, 2.05) is 24.7 Å². The molecule has 0 aliphatic carbocycles. The van der Waals surface area contributed by atoms with E-state index < -0.39 is 0 Å². The Balaban J connectivity index is 0.00000280. The predicted octanol–water partition coefficient (Wildman–Crippen LogP) is 3.14. The summed E-state index contributed by atoms with van der Waals surface area (Å²) in [5, 5.41) is 11.4. The second kappa shape index (κ2) is 10.8. The molecule has 2 aromatic rings. The molecular formula is C20H33IN6O. The molecule has 0 spiro atoms. The molecule has 1 fully saturated rings. The molecule has 1 aliphatic heterocycles. The van der Waals surface area contributed by atoms with E-state index in [-0.39, 0.29) is 30.0 Å². The Morgan fingerprint density at radius 1 is 1.25 bits per heavy atom. The fraction of sp³-hybridized carbons (Fsp3) is 0.600. The van der Waals surface area contributed by atoms with Crippen molar-refractivity contribution in [1.82, 2.24) is 25.3 Å². The summed E-state index contributed by atoms with van der Waals surface area (Å²) in [6.45, 7) is 7.85. The van der Waals surface area contributed by atoms with E-state index in [1.54, 1.807) is 13.3 Å². The van der Waals surface area contributed by atoms with Crippen LogP contribution < -0.4 is 10.6 Å². The number of aliphatic imine (C=N–C) groups is 1. The van der Waals surface area contributed by atoms with Gasteiger partial charge in [-0.15, -0.1) is 24.0 Å². The molecule has 0 amide bonds. The third kappa shape index (κ3) is 5.50. The molecule has 1 unspecified atom stereocenters. The number of likely N-dealkylation sites (tertiary alicyclic amines) is 1. The van der Waals surface area contributed by atoms with E-state index in [0.29, 0.717) is 6.54 Å². The Bertz CT molecular complexity index is 749. The molecule has 2 N–H and O–H groups in total. The van der Waals surface area contributed by atoms with Crippen LogP contribution >= 0.6 is 24.0 Å². The molecule has 0 saturated carbocycles. The van der Waals surface area contributed by atoms with Crippen molar-refractivity contribution in [3.05, 3.63) is 41.1 Å². The van der Waals surface area contributed by atoms with Gasteiger partial charge >= 0.3 is 0 Å². The highest BCUT2D eigenvalue weighted by atomic mass is 127. The summed E-state index contributed by atoms with van der Waals surface area (Å²) in [5.74, 6) is 1.81. The third-order valence-corrected chi connectivity index (χ3v) is 5.48. The van der Waals surface area contributed by atoms with Crippen molar-refractivity contribution in [2.75, 3.05) is 26.7 Å². The van der Waals surface area contributed by atoms with Gasteiger partial charge in [0.2, 0.25) is 0 Å². The molecular weight excluding hydrogens is 467 g/mol. The summed E-state index contributed by atoms with van der Waals surface area (Å²) < 4.78 is 7.65. The van der Waals surface area contributed by atoms with Gasteiger partial charge < -0.3 is 15.1 Å². The van der Waals surface area contributed by atoms with Crippen LogP contribution in [0, 0.1) is 13.8 Å². The average Bonchev–Trinajstić information content (AvgIpc) is 3.29. The van der Waals surface area contributed by atoms with E-state index in [2.05, 4.69) is 38.6 Å². The minimum atomic E-state index is 0. The molecule has 8 heteroatoms. The largest absolute Gasteiger partial charge is 0.468 e. The van der Waals surface area contributed by atoms with Crippen LogP contribution in [0.15, 0.2) is 27.8 Å². The number of nitrogens with one attached hydrogen (secondary N) is 2. The molecule has 0 aromatic carbocycles. The maximum absolute atomic E-state index is 5.73. The number of furan rings is 1. The van der Waals surface area contributed by atoms with Crippen molar-refractivity contribution >= 4 is 29.9 Å². The van der Waals surface area contributed by atoms with Crippen LogP contribution in [0.4, 0.5) is 0 Å². The standard InChI is InChI=1S/C20H32N6O.HI/c1-15-17(16(2)25(4)24-15)13-22-20(21-3)23-14-18(19-9-8-12-27-19)26-10-6-5-7-11-26;/h8-9,12,18H,5-7,10-11,13-14H2,1-4H3,(H2,21,22,23);1H. The first kappa shape index (κ1) is 22.7. The van der Waals surface area contributed by atoms with Crippen LogP contribution in [0.2, 0.25) is 0 Å². The van der Waals surface area contributed by atoms with Crippen LogP contribution in [0.3, 0.4) is 0 Å². The van der Waals surface area contributed by atoms with Crippen molar-refractivity contribution < 1.29 is 4.42 Å². The minimum Gasteiger partial charge on any atom is -0.468 e. The van der Waals surface area contributed by atoms with Crippen LogP contribution in [0.5, 0.6) is 0 Å². The van der Waals surface area contributed by atoms with Gasteiger partial charge in [0.05, 0.1) is 18.0 Å². The second-order valence-electron chi connectivity index (χ2n) is 7.21. The Labute approximate surface area is 185 Å². The summed E-state index contributed by atoms with van der Waals surface area (Å²) in [7, 11) is 3.78. The van der Waals surface area contributed by atoms with E-state index in [9.17, 15) is 0 Å². The predicted molar refractivity (Wildman–Crippen MR) is 123 cm³/mol. The van der Waals surface area contributed by atoms with Crippen molar-refractivity contribution in [1.29, 1.82) is 0 Å². The minimum absolute atomic E-state index is 0. The Morgan fingerprint density at radius 3 is 2.57 bits per heavy atom. The highest BCUT2D eigenvalue weighted by Crippen LogP contribution is 2.24. The molecule has 0 bridgehead atoms. The summed E-state index contributed by atoms with van der Waals surface area (Å²) in [6.07, 6.45) is 5.59. The van der Waals surface area contributed by atoms with Gasteiger partial charge in [-0.25, -0.2) is 0 Å².